The second-order valence-corrected chi connectivity index (χ2v) is 8.03. The van der Waals surface area contributed by atoms with Crippen LogP contribution in [0.15, 0.2) is 29.8 Å². The van der Waals surface area contributed by atoms with Crippen LogP contribution in [0.2, 0.25) is 0 Å². The van der Waals surface area contributed by atoms with Crippen LogP contribution < -0.4 is 0 Å². The second kappa shape index (κ2) is 6.16. The van der Waals surface area contributed by atoms with Crippen molar-refractivity contribution >= 4 is 22.1 Å². The van der Waals surface area contributed by atoms with E-state index in [1.165, 1.54) is 0 Å². The first-order valence-electron chi connectivity index (χ1n) is 8.55. The quantitative estimate of drug-likeness (QED) is 0.674. The van der Waals surface area contributed by atoms with Gasteiger partial charge in [0.1, 0.15) is 22.3 Å². The molecule has 0 saturated carbocycles. The van der Waals surface area contributed by atoms with E-state index in [1.54, 1.807) is 16.2 Å². The second-order valence-electron chi connectivity index (χ2n) is 7.13. The first-order valence-corrected chi connectivity index (χ1v) is 9.43. The van der Waals surface area contributed by atoms with Crippen LogP contribution in [0.25, 0.3) is 4.83 Å². The van der Waals surface area contributed by atoms with Crippen molar-refractivity contribution in [3.8, 4) is 0 Å². The van der Waals surface area contributed by atoms with Crippen molar-refractivity contribution in [2.24, 2.45) is 0 Å². The van der Waals surface area contributed by atoms with Gasteiger partial charge in [0, 0.05) is 41.7 Å². The molecule has 4 rings (SSSR count). The van der Waals surface area contributed by atoms with Crippen LogP contribution in [0.1, 0.15) is 41.6 Å². The summed E-state index contributed by atoms with van der Waals surface area (Å²) in [6.07, 6.45) is 3.73. The van der Waals surface area contributed by atoms with Gasteiger partial charge in [-0.05, 0) is 31.9 Å². The number of nitrogens with zero attached hydrogens (tertiary/aromatic N) is 3. The Morgan fingerprint density at radius 1 is 1.27 bits per heavy atom. The molecule has 136 valence electrons. The van der Waals surface area contributed by atoms with Crippen molar-refractivity contribution in [1.29, 1.82) is 0 Å². The Morgan fingerprint density at radius 2 is 2.00 bits per heavy atom. The molecule has 2 aromatic heterocycles. The Kier molecular flexibility index (Phi) is 4.06. The molecule has 0 unspecified atom stereocenters. The monoisotopic (exact) mass is 375 g/mol. The molecule has 3 heterocycles. The van der Waals surface area contributed by atoms with Crippen molar-refractivity contribution in [1.82, 2.24) is 14.3 Å². The van der Waals surface area contributed by atoms with Gasteiger partial charge in [0.15, 0.2) is 0 Å². The van der Waals surface area contributed by atoms with Crippen molar-refractivity contribution < 1.29 is 13.6 Å². The normalized spacial score (nSPS) is 20.7. The number of likely N-dealkylation sites (tertiary alicyclic amines) is 1. The molecule has 0 radical (unpaired) electrons. The number of rotatable bonds is 2. The van der Waals surface area contributed by atoms with Crippen LogP contribution in [0.4, 0.5) is 8.78 Å². The SMILES string of the molecule is Cc1nc([C@@]2(C)CCCN(C(=O)c3cc(F)cc(F)c3)C2)c2sccn12. The summed E-state index contributed by atoms with van der Waals surface area (Å²) in [5.41, 5.74) is 0.756. The third-order valence-electron chi connectivity index (χ3n) is 5.10. The molecule has 0 bridgehead atoms. The molecule has 0 N–H and O–H groups in total. The average Bonchev–Trinajstić information content (AvgIpc) is 3.18. The number of imidazole rings is 1. The highest BCUT2D eigenvalue weighted by molar-refractivity contribution is 7.15. The van der Waals surface area contributed by atoms with Gasteiger partial charge >= 0.3 is 0 Å². The Bertz CT molecular complexity index is 976. The topological polar surface area (TPSA) is 37.6 Å². The number of hydrogen-bond donors (Lipinski definition) is 0. The van der Waals surface area contributed by atoms with E-state index in [9.17, 15) is 13.6 Å². The maximum atomic E-state index is 13.5. The molecule has 1 atom stereocenters. The molecule has 1 fully saturated rings. The van der Waals surface area contributed by atoms with E-state index in [-0.39, 0.29) is 16.9 Å². The van der Waals surface area contributed by atoms with E-state index in [1.807, 2.05) is 18.5 Å². The molecule has 0 aliphatic carbocycles. The predicted octanol–water partition coefficient (Wildman–Crippen LogP) is 4.18. The van der Waals surface area contributed by atoms with Gasteiger partial charge in [-0.25, -0.2) is 13.8 Å². The zero-order chi connectivity index (χ0) is 18.5. The number of hydrogen-bond acceptors (Lipinski definition) is 3. The first-order chi connectivity index (χ1) is 12.4. The van der Waals surface area contributed by atoms with Crippen molar-refractivity contribution in [2.45, 2.75) is 32.1 Å². The lowest BCUT2D eigenvalue weighted by atomic mass is 9.79. The number of benzene rings is 1. The molecule has 1 saturated heterocycles. The smallest absolute Gasteiger partial charge is 0.254 e. The molecule has 0 spiro atoms. The van der Waals surface area contributed by atoms with Crippen LogP contribution in [-0.4, -0.2) is 33.3 Å². The Morgan fingerprint density at radius 3 is 2.73 bits per heavy atom. The van der Waals surface area contributed by atoms with Gasteiger partial charge in [-0.3, -0.25) is 9.20 Å². The minimum atomic E-state index is -0.738. The minimum Gasteiger partial charge on any atom is -0.338 e. The lowest BCUT2D eigenvalue weighted by Crippen LogP contribution is -2.47. The molecule has 1 aliphatic rings. The fraction of sp³-hybridized carbons (Fsp3) is 0.368. The number of aromatic nitrogens is 2. The predicted molar refractivity (Wildman–Crippen MR) is 96.7 cm³/mol. The lowest BCUT2D eigenvalue weighted by Gasteiger charge is -2.39. The number of amides is 1. The Balaban J connectivity index is 1.66. The molecule has 1 aromatic carbocycles. The number of carbonyl (C=O) groups is 1. The van der Waals surface area contributed by atoms with Gasteiger partial charge in [0.05, 0.1) is 5.69 Å². The Hall–Kier alpha value is -2.28. The molecular formula is C19H19F2N3OS. The molecule has 4 nitrogen and oxygen atoms in total. The van der Waals surface area contributed by atoms with Gasteiger partial charge in [-0.1, -0.05) is 6.92 Å². The van der Waals surface area contributed by atoms with Crippen molar-refractivity contribution in [2.75, 3.05) is 13.1 Å². The summed E-state index contributed by atoms with van der Waals surface area (Å²) in [6.45, 7) is 5.13. The Labute approximate surface area is 154 Å². The van der Waals surface area contributed by atoms with E-state index in [0.717, 1.165) is 47.4 Å². The summed E-state index contributed by atoms with van der Waals surface area (Å²) in [7, 11) is 0. The zero-order valence-electron chi connectivity index (χ0n) is 14.6. The number of aryl methyl sites for hydroxylation is 1. The van der Waals surface area contributed by atoms with Crippen LogP contribution in [0.3, 0.4) is 0 Å². The molecular weight excluding hydrogens is 356 g/mol. The van der Waals surface area contributed by atoms with Crippen LogP contribution in [0.5, 0.6) is 0 Å². The van der Waals surface area contributed by atoms with E-state index >= 15 is 0 Å². The summed E-state index contributed by atoms with van der Waals surface area (Å²) in [4.78, 5) is 20.3. The van der Waals surface area contributed by atoms with Crippen molar-refractivity contribution in [3.63, 3.8) is 0 Å². The molecule has 3 aromatic rings. The maximum Gasteiger partial charge on any atom is 0.254 e. The highest BCUT2D eigenvalue weighted by atomic mass is 32.1. The summed E-state index contributed by atoms with van der Waals surface area (Å²) >= 11 is 1.63. The van der Waals surface area contributed by atoms with Gasteiger partial charge in [-0.2, -0.15) is 0 Å². The first kappa shape index (κ1) is 17.1. The van der Waals surface area contributed by atoms with E-state index in [2.05, 4.69) is 11.3 Å². The fourth-order valence-electron chi connectivity index (χ4n) is 3.83. The number of fused-ring (bicyclic) bond motifs is 1. The zero-order valence-corrected chi connectivity index (χ0v) is 15.4. The molecule has 7 heteroatoms. The van der Waals surface area contributed by atoms with E-state index in [0.29, 0.717) is 13.1 Å². The van der Waals surface area contributed by atoms with Gasteiger partial charge in [0.25, 0.3) is 5.91 Å². The van der Waals surface area contributed by atoms with Gasteiger partial charge in [-0.15, -0.1) is 11.3 Å². The molecule has 1 amide bonds. The van der Waals surface area contributed by atoms with Crippen LogP contribution >= 0.6 is 11.3 Å². The van der Waals surface area contributed by atoms with Crippen LogP contribution in [0, 0.1) is 18.6 Å². The average molecular weight is 375 g/mol. The third kappa shape index (κ3) is 2.80. The largest absolute Gasteiger partial charge is 0.338 e. The summed E-state index contributed by atoms with van der Waals surface area (Å²) in [6, 6.07) is 2.96. The van der Waals surface area contributed by atoms with Crippen molar-refractivity contribution in [3.05, 3.63) is 58.5 Å². The highest BCUT2D eigenvalue weighted by Gasteiger charge is 2.38. The summed E-state index contributed by atoms with van der Waals surface area (Å²) in [5.74, 6) is -0.892. The number of carbonyl (C=O) groups excluding carboxylic acids is 1. The standard InChI is InChI=1S/C19H19F2N3OS/c1-12-22-16(18-24(12)6-7-26-18)19(2)4-3-5-23(11-19)17(25)13-8-14(20)10-15(21)9-13/h6-10H,3-5,11H2,1-2H3/t19-/m0/s1. The summed E-state index contributed by atoms with van der Waals surface area (Å²) < 4.78 is 29.0. The van der Waals surface area contributed by atoms with Crippen LogP contribution in [-0.2, 0) is 5.41 Å². The number of thiazole rings is 1. The third-order valence-corrected chi connectivity index (χ3v) is 5.97. The maximum absolute atomic E-state index is 13.5. The highest BCUT2D eigenvalue weighted by Crippen LogP contribution is 2.37. The lowest BCUT2D eigenvalue weighted by molar-refractivity contribution is 0.0648. The fourth-order valence-corrected chi connectivity index (χ4v) is 4.85. The number of halogens is 2. The van der Waals surface area contributed by atoms with E-state index in [4.69, 9.17) is 4.98 Å². The summed E-state index contributed by atoms with van der Waals surface area (Å²) in [5, 5.41) is 2.03. The van der Waals surface area contributed by atoms with E-state index < -0.39 is 11.6 Å². The molecule has 1 aliphatic heterocycles. The number of piperidine rings is 1. The van der Waals surface area contributed by atoms with Gasteiger partial charge < -0.3 is 4.90 Å². The minimum absolute atomic E-state index is 0.0500. The molecule has 26 heavy (non-hydrogen) atoms. The van der Waals surface area contributed by atoms with Gasteiger partial charge in [0.2, 0.25) is 0 Å².